The van der Waals surface area contributed by atoms with E-state index in [1.165, 1.54) is 7.11 Å². The lowest BCUT2D eigenvalue weighted by molar-refractivity contribution is -0.155. The van der Waals surface area contributed by atoms with Crippen molar-refractivity contribution in [3.63, 3.8) is 0 Å². The summed E-state index contributed by atoms with van der Waals surface area (Å²) in [6.07, 6.45) is 0.429. The molecule has 7 nitrogen and oxygen atoms in total. The summed E-state index contributed by atoms with van der Waals surface area (Å²) in [6.45, 7) is 0.469. The molecule has 1 fully saturated rings. The lowest BCUT2D eigenvalue weighted by atomic mass is 10.1. The standard InChI is InChI=1S/C17H23NO6/c1-21-12-5-4-11(10-15(12)22-2)8-9-18-16(19)13-6-7-14(24-13)17(20)23-3/h4-5,10,13-14H,6-9H2,1-3H3,(H,18,19)/t13-,14+/m0/s1. The maximum absolute atomic E-state index is 12.1. The van der Waals surface area contributed by atoms with Gasteiger partial charge in [-0.2, -0.15) is 0 Å². The van der Waals surface area contributed by atoms with Crippen molar-refractivity contribution in [3.05, 3.63) is 23.8 Å². The summed E-state index contributed by atoms with van der Waals surface area (Å²) in [4.78, 5) is 23.5. The molecule has 7 heteroatoms. The molecule has 1 aromatic carbocycles. The molecule has 0 aliphatic carbocycles. The van der Waals surface area contributed by atoms with Crippen molar-refractivity contribution < 1.29 is 28.5 Å². The summed E-state index contributed by atoms with van der Waals surface area (Å²) in [5.74, 6) is 0.678. The summed E-state index contributed by atoms with van der Waals surface area (Å²) in [6, 6.07) is 5.63. The molecule has 0 bridgehead atoms. The SMILES string of the molecule is COC(=O)[C@H]1CC[C@@H](C(=O)NCCc2ccc(OC)c(OC)c2)O1. The highest BCUT2D eigenvalue weighted by molar-refractivity contribution is 5.82. The molecule has 0 aromatic heterocycles. The van der Waals surface area contributed by atoms with Gasteiger partial charge in [0.05, 0.1) is 21.3 Å². The van der Waals surface area contributed by atoms with Gasteiger partial charge in [0.25, 0.3) is 0 Å². The third-order valence-electron chi connectivity index (χ3n) is 3.94. The second-order valence-corrected chi connectivity index (χ2v) is 5.44. The number of esters is 1. The lowest BCUT2D eigenvalue weighted by Crippen LogP contribution is -2.36. The Morgan fingerprint density at radius 3 is 2.50 bits per heavy atom. The Morgan fingerprint density at radius 2 is 1.83 bits per heavy atom. The third-order valence-corrected chi connectivity index (χ3v) is 3.94. The summed E-state index contributed by atoms with van der Waals surface area (Å²) in [5, 5.41) is 2.83. The minimum Gasteiger partial charge on any atom is -0.493 e. The Morgan fingerprint density at radius 1 is 1.12 bits per heavy atom. The molecule has 2 rings (SSSR count). The normalized spacial score (nSPS) is 19.6. The van der Waals surface area contributed by atoms with Crippen LogP contribution in [-0.2, 0) is 25.5 Å². The third kappa shape index (κ3) is 4.38. The van der Waals surface area contributed by atoms with Crippen molar-refractivity contribution in [2.45, 2.75) is 31.5 Å². The number of carbonyl (C=O) groups excluding carboxylic acids is 2. The molecule has 0 spiro atoms. The second kappa shape index (κ2) is 8.54. The zero-order valence-corrected chi connectivity index (χ0v) is 14.2. The highest BCUT2D eigenvalue weighted by Gasteiger charge is 2.35. The first-order valence-electron chi connectivity index (χ1n) is 7.81. The highest BCUT2D eigenvalue weighted by atomic mass is 16.6. The first kappa shape index (κ1) is 18.1. The van der Waals surface area contributed by atoms with Crippen LogP contribution < -0.4 is 14.8 Å². The summed E-state index contributed by atoms with van der Waals surface area (Å²) >= 11 is 0. The van der Waals surface area contributed by atoms with Crippen LogP contribution in [0.15, 0.2) is 18.2 Å². The van der Waals surface area contributed by atoms with Gasteiger partial charge in [-0.15, -0.1) is 0 Å². The molecule has 1 heterocycles. The van der Waals surface area contributed by atoms with Crippen LogP contribution in [0.2, 0.25) is 0 Å². The van der Waals surface area contributed by atoms with E-state index in [1.807, 2.05) is 18.2 Å². The van der Waals surface area contributed by atoms with Gasteiger partial charge in [-0.1, -0.05) is 6.07 Å². The Balaban J connectivity index is 1.80. The smallest absolute Gasteiger partial charge is 0.335 e. The molecule has 24 heavy (non-hydrogen) atoms. The van der Waals surface area contributed by atoms with E-state index in [0.29, 0.717) is 37.3 Å². The number of benzene rings is 1. The average molecular weight is 337 g/mol. The number of rotatable bonds is 7. The van der Waals surface area contributed by atoms with Crippen molar-refractivity contribution in [2.24, 2.45) is 0 Å². The zero-order valence-electron chi connectivity index (χ0n) is 14.2. The first-order chi connectivity index (χ1) is 11.6. The van der Waals surface area contributed by atoms with Crippen LogP contribution in [0.1, 0.15) is 18.4 Å². The number of carbonyl (C=O) groups is 2. The van der Waals surface area contributed by atoms with Gasteiger partial charge in [-0.25, -0.2) is 4.79 Å². The van der Waals surface area contributed by atoms with Crippen molar-refractivity contribution in [1.29, 1.82) is 0 Å². The molecule has 1 saturated heterocycles. The van der Waals surface area contributed by atoms with Gasteiger partial charge in [0.2, 0.25) is 5.91 Å². The van der Waals surface area contributed by atoms with Crippen molar-refractivity contribution >= 4 is 11.9 Å². The molecule has 0 unspecified atom stereocenters. The molecule has 132 valence electrons. The molecule has 1 amide bonds. The van der Waals surface area contributed by atoms with E-state index in [1.54, 1.807) is 14.2 Å². The maximum Gasteiger partial charge on any atom is 0.335 e. The minimum atomic E-state index is -0.642. The first-order valence-corrected chi connectivity index (χ1v) is 7.81. The molecule has 1 aliphatic heterocycles. The van der Waals surface area contributed by atoms with Crippen LogP contribution in [0.4, 0.5) is 0 Å². The van der Waals surface area contributed by atoms with E-state index in [9.17, 15) is 9.59 Å². The van der Waals surface area contributed by atoms with Crippen LogP contribution in [0.3, 0.4) is 0 Å². The molecule has 2 atom stereocenters. The van der Waals surface area contributed by atoms with E-state index >= 15 is 0 Å². The van der Waals surface area contributed by atoms with E-state index in [2.05, 4.69) is 10.1 Å². The van der Waals surface area contributed by atoms with Crippen LogP contribution in [0.25, 0.3) is 0 Å². The van der Waals surface area contributed by atoms with Gasteiger partial charge in [0, 0.05) is 6.54 Å². The zero-order chi connectivity index (χ0) is 17.5. The molecule has 0 saturated carbocycles. The van der Waals surface area contributed by atoms with E-state index < -0.39 is 18.2 Å². The number of hydrogen-bond donors (Lipinski definition) is 1. The molecular formula is C17H23NO6. The predicted molar refractivity (Wildman–Crippen MR) is 86.2 cm³/mol. The number of hydrogen-bond acceptors (Lipinski definition) is 6. The summed E-state index contributed by atoms with van der Waals surface area (Å²) < 4.78 is 20.5. The van der Waals surface area contributed by atoms with E-state index in [0.717, 1.165) is 5.56 Å². The summed E-state index contributed by atoms with van der Waals surface area (Å²) in [5.41, 5.74) is 1.02. The molecule has 1 aromatic rings. The fourth-order valence-electron chi connectivity index (χ4n) is 2.61. The average Bonchev–Trinajstić information content (AvgIpc) is 3.11. The van der Waals surface area contributed by atoms with Crippen LogP contribution >= 0.6 is 0 Å². The number of amides is 1. The van der Waals surface area contributed by atoms with E-state index in [4.69, 9.17) is 14.2 Å². The van der Waals surface area contributed by atoms with Gasteiger partial charge in [0.1, 0.15) is 6.10 Å². The van der Waals surface area contributed by atoms with Gasteiger partial charge >= 0.3 is 5.97 Å². The topological polar surface area (TPSA) is 83.1 Å². The van der Waals surface area contributed by atoms with Crippen LogP contribution in [-0.4, -0.2) is 52.0 Å². The van der Waals surface area contributed by atoms with Gasteiger partial charge < -0.3 is 24.3 Å². The fraction of sp³-hybridized carbons (Fsp3) is 0.529. The Bertz CT molecular complexity index is 588. The summed E-state index contributed by atoms with van der Waals surface area (Å²) in [7, 11) is 4.47. The van der Waals surface area contributed by atoms with Crippen molar-refractivity contribution in [3.8, 4) is 11.5 Å². The van der Waals surface area contributed by atoms with Gasteiger partial charge in [0.15, 0.2) is 17.6 Å². The van der Waals surface area contributed by atoms with E-state index in [-0.39, 0.29) is 5.91 Å². The van der Waals surface area contributed by atoms with Crippen LogP contribution in [0.5, 0.6) is 11.5 Å². The van der Waals surface area contributed by atoms with Crippen molar-refractivity contribution in [1.82, 2.24) is 5.32 Å². The van der Waals surface area contributed by atoms with Gasteiger partial charge in [-0.3, -0.25) is 4.79 Å². The monoisotopic (exact) mass is 337 g/mol. The fourth-order valence-corrected chi connectivity index (χ4v) is 2.61. The Labute approximate surface area is 141 Å². The molecule has 0 radical (unpaired) electrons. The van der Waals surface area contributed by atoms with Gasteiger partial charge in [-0.05, 0) is 37.0 Å². The minimum absolute atomic E-state index is 0.207. The molecular weight excluding hydrogens is 314 g/mol. The van der Waals surface area contributed by atoms with Crippen molar-refractivity contribution in [2.75, 3.05) is 27.9 Å². The predicted octanol–water partition coefficient (Wildman–Crippen LogP) is 1.08. The highest BCUT2D eigenvalue weighted by Crippen LogP contribution is 2.27. The Hall–Kier alpha value is -2.28. The largest absolute Gasteiger partial charge is 0.493 e. The molecule has 1 N–H and O–H groups in total. The number of methoxy groups -OCH3 is 3. The second-order valence-electron chi connectivity index (χ2n) is 5.44. The molecule has 1 aliphatic rings. The Kier molecular flexibility index (Phi) is 6.43. The quantitative estimate of drug-likeness (QED) is 0.750. The number of nitrogens with one attached hydrogen (secondary N) is 1. The maximum atomic E-state index is 12.1. The van der Waals surface area contributed by atoms with Crippen LogP contribution in [0, 0.1) is 0 Å². The lowest BCUT2D eigenvalue weighted by Gasteiger charge is -2.13. The number of ether oxygens (including phenoxy) is 4.